The van der Waals surface area contributed by atoms with Crippen molar-refractivity contribution in [2.45, 2.75) is 25.7 Å². The molecule has 2 aromatic rings. The zero-order valence-corrected chi connectivity index (χ0v) is 15.1. The average Bonchev–Trinajstić information content (AvgIpc) is 2.59. The van der Waals surface area contributed by atoms with Crippen LogP contribution in [0.4, 0.5) is 4.39 Å². The van der Waals surface area contributed by atoms with Gasteiger partial charge in [0, 0.05) is 12.0 Å². The molecule has 1 amide bonds. The van der Waals surface area contributed by atoms with E-state index in [-0.39, 0.29) is 23.6 Å². The quantitative estimate of drug-likeness (QED) is 0.836. The van der Waals surface area contributed by atoms with Gasteiger partial charge in [0.2, 0.25) is 5.91 Å². The molecule has 2 aromatic carbocycles. The van der Waals surface area contributed by atoms with E-state index in [0.717, 1.165) is 5.56 Å². The number of hydrogen-bond acceptors (Lipinski definition) is 3. The van der Waals surface area contributed by atoms with Crippen LogP contribution in [0, 0.1) is 5.82 Å². The lowest BCUT2D eigenvalue weighted by Gasteiger charge is -2.26. The Morgan fingerprint density at radius 3 is 2.44 bits per heavy atom. The second-order valence-corrected chi connectivity index (χ2v) is 6.54. The minimum Gasteiger partial charge on any atom is -0.493 e. The Morgan fingerprint density at radius 1 is 1.08 bits per heavy atom. The molecule has 0 aliphatic carbocycles. The van der Waals surface area contributed by atoms with Gasteiger partial charge in [-0.15, -0.1) is 0 Å². The largest absolute Gasteiger partial charge is 0.493 e. The maximum absolute atomic E-state index is 13.2. The van der Waals surface area contributed by atoms with E-state index in [1.807, 2.05) is 32.0 Å². The highest BCUT2D eigenvalue weighted by atomic mass is 19.1. The van der Waals surface area contributed by atoms with Crippen LogP contribution in [0.2, 0.25) is 0 Å². The predicted octanol–water partition coefficient (Wildman–Crippen LogP) is 3.48. The summed E-state index contributed by atoms with van der Waals surface area (Å²) in [5.41, 5.74) is 1.38. The molecule has 0 aliphatic heterocycles. The normalized spacial score (nSPS) is 11.1. The third kappa shape index (κ3) is 4.95. The molecule has 25 heavy (non-hydrogen) atoms. The summed E-state index contributed by atoms with van der Waals surface area (Å²) >= 11 is 0. The molecular weight excluding hydrogens is 321 g/mol. The number of halogens is 1. The molecule has 0 aromatic heterocycles. The van der Waals surface area contributed by atoms with Gasteiger partial charge in [-0.3, -0.25) is 4.79 Å². The molecule has 5 heteroatoms. The Kier molecular flexibility index (Phi) is 6.02. The second-order valence-electron chi connectivity index (χ2n) is 6.54. The number of rotatable bonds is 7. The maximum atomic E-state index is 13.2. The summed E-state index contributed by atoms with van der Waals surface area (Å²) in [5.74, 6) is 0.839. The highest BCUT2D eigenvalue weighted by Gasteiger charge is 2.23. The molecule has 0 heterocycles. The predicted molar refractivity (Wildman–Crippen MR) is 95.7 cm³/mol. The zero-order chi connectivity index (χ0) is 18.4. The van der Waals surface area contributed by atoms with Crippen LogP contribution in [-0.2, 0) is 16.6 Å². The number of hydrogen-bond donors (Lipinski definition) is 1. The van der Waals surface area contributed by atoms with Crippen molar-refractivity contribution in [1.82, 2.24) is 5.32 Å². The van der Waals surface area contributed by atoms with Gasteiger partial charge in [-0.2, -0.15) is 0 Å². The fourth-order valence-electron chi connectivity index (χ4n) is 2.57. The van der Waals surface area contributed by atoms with E-state index in [0.29, 0.717) is 23.6 Å². The van der Waals surface area contributed by atoms with Crippen molar-refractivity contribution in [3.63, 3.8) is 0 Å². The van der Waals surface area contributed by atoms with Crippen molar-refractivity contribution in [3.8, 4) is 11.5 Å². The molecule has 0 fully saturated rings. The van der Waals surface area contributed by atoms with Crippen molar-refractivity contribution in [3.05, 3.63) is 59.4 Å². The fraction of sp³-hybridized carbons (Fsp3) is 0.350. The van der Waals surface area contributed by atoms with Crippen molar-refractivity contribution in [2.75, 3.05) is 20.8 Å². The van der Waals surface area contributed by atoms with E-state index >= 15 is 0 Å². The zero-order valence-electron chi connectivity index (χ0n) is 15.1. The number of amides is 1. The van der Waals surface area contributed by atoms with Crippen LogP contribution in [0.5, 0.6) is 11.5 Å². The molecule has 0 saturated carbocycles. The first kappa shape index (κ1) is 18.8. The first-order valence-electron chi connectivity index (χ1n) is 8.09. The topological polar surface area (TPSA) is 47.6 Å². The molecule has 0 aliphatic rings. The van der Waals surface area contributed by atoms with Gasteiger partial charge in [0.25, 0.3) is 0 Å². The third-order valence-corrected chi connectivity index (χ3v) is 4.15. The van der Waals surface area contributed by atoms with Crippen LogP contribution >= 0.6 is 0 Å². The summed E-state index contributed by atoms with van der Waals surface area (Å²) in [6.45, 7) is 4.53. The molecule has 1 N–H and O–H groups in total. The Balaban J connectivity index is 2.02. The molecule has 4 nitrogen and oxygen atoms in total. The van der Waals surface area contributed by atoms with Gasteiger partial charge in [-0.05, 0) is 35.4 Å². The minimum absolute atomic E-state index is 0.140. The number of nitrogens with one attached hydrogen (secondary N) is 1. The van der Waals surface area contributed by atoms with Gasteiger partial charge in [-0.1, -0.05) is 32.0 Å². The first-order valence-corrected chi connectivity index (χ1v) is 8.09. The van der Waals surface area contributed by atoms with Crippen LogP contribution in [0.15, 0.2) is 42.5 Å². The second kappa shape index (κ2) is 8.01. The number of ether oxygens (including phenoxy) is 2. The van der Waals surface area contributed by atoms with E-state index in [1.165, 1.54) is 12.1 Å². The first-order chi connectivity index (χ1) is 11.9. The number of carbonyl (C=O) groups is 1. The lowest BCUT2D eigenvalue weighted by Crippen LogP contribution is -2.37. The summed E-state index contributed by atoms with van der Waals surface area (Å²) < 4.78 is 23.8. The third-order valence-electron chi connectivity index (χ3n) is 4.15. The average molecular weight is 345 g/mol. The summed E-state index contributed by atoms with van der Waals surface area (Å²) in [5, 5.41) is 2.92. The summed E-state index contributed by atoms with van der Waals surface area (Å²) in [6, 6.07) is 11.8. The Hall–Kier alpha value is -2.56. The number of carbonyl (C=O) groups excluding carboxylic acids is 1. The van der Waals surface area contributed by atoms with Crippen molar-refractivity contribution >= 4 is 5.91 Å². The number of methoxy groups -OCH3 is 2. The molecule has 0 radical (unpaired) electrons. The molecule has 134 valence electrons. The monoisotopic (exact) mass is 345 g/mol. The lowest BCUT2D eigenvalue weighted by molar-refractivity contribution is -0.120. The van der Waals surface area contributed by atoms with E-state index in [9.17, 15) is 9.18 Å². The van der Waals surface area contributed by atoms with Crippen LogP contribution in [0.1, 0.15) is 25.0 Å². The molecule has 2 rings (SSSR count). The molecule has 0 spiro atoms. The molecule has 0 atom stereocenters. The smallest absolute Gasteiger partial charge is 0.224 e. The molecule has 0 unspecified atom stereocenters. The van der Waals surface area contributed by atoms with Crippen LogP contribution in [0.25, 0.3) is 0 Å². The SMILES string of the molecule is COc1ccc(C(C)(C)CNC(=O)Cc2cccc(F)c2)cc1OC. The van der Waals surface area contributed by atoms with Gasteiger partial charge in [0.05, 0.1) is 20.6 Å². The Morgan fingerprint density at radius 2 is 1.80 bits per heavy atom. The van der Waals surface area contributed by atoms with Crippen molar-refractivity contribution in [2.24, 2.45) is 0 Å². The van der Waals surface area contributed by atoms with Gasteiger partial charge >= 0.3 is 0 Å². The van der Waals surface area contributed by atoms with E-state index in [1.54, 1.807) is 26.4 Å². The summed E-state index contributed by atoms with van der Waals surface area (Å²) in [7, 11) is 3.19. The van der Waals surface area contributed by atoms with Crippen LogP contribution in [-0.4, -0.2) is 26.7 Å². The lowest BCUT2D eigenvalue weighted by atomic mass is 9.84. The molecular formula is C20H24FNO3. The van der Waals surface area contributed by atoms with Crippen molar-refractivity contribution < 1.29 is 18.7 Å². The molecule has 0 bridgehead atoms. The molecule has 0 saturated heterocycles. The maximum Gasteiger partial charge on any atom is 0.224 e. The van der Waals surface area contributed by atoms with E-state index in [4.69, 9.17) is 9.47 Å². The fourth-order valence-corrected chi connectivity index (χ4v) is 2.57. The van der Waals surface area contributed by atoms with Gasteiger partial charge in [-0.25, -0.2) is 4.39 Å². The highest BCUT2D eigenvalue weighted by molar-refractivity contribution is 5.78. The standard InChI is InChI=1S/C20H24FNO3/c1-20(2,15-8-9-17(24-3)18(12-15)25-4)13-22-19(23)11-14-6-5-7-16(21)10-14/h5-10,12H,11,13H2,1-4H3,(H,22,23). The van der Waals surface area contributed by atoms with E-state index < -0.39 is 0 Å². The van der Waals surface area contributed by atoms with E-state index in [2.05, 4.69) is 5.32 Å². The van der Waals surface area contributed by atoms with Crippen LogP contribution < -0.4 is 14.8 Å². The van der Waals surface area contributed by atoms with Gasteiger partial charge in [0.1, 0.15) is 5.82 Å². The van der Waals surface area contributed by atoms with Gasteiger partial charge in [0.15, 0.2) is 11.5 Å². The summed E-state index contributed by atoms with van der Waals surface area (Å²) in [4.78, 5) is 12.1. The van der Waals surface area contributed by atoms with Crippen molar-refractivity contribution in [1.29, 1.82) is 0 Å². The summed E-state index contributed by atoms with van der Waals surface area (Å²) in [6.07, 6.45) is 0.153. The minimum atomic E-state index is -0.337. The van der Waals surface area contributed by atoms with Gasteiger partial charge < -0.3 is 14.8 Å². The van der Waals surface area contributed by atoms with Crippen LogP contribution in [0.3, 0.4) is 0 Å². The highest BCUT2D eigenvalue weighted by Crippen LogP contribution is 2.32. The Bertz CT molecular complexity index is 743. The number of benzene rings is 2. The Labute approximate surface area is 148 Å².